The lowest BCUT2D eigenvalue weighted by molar-refractivity contribution is 0.0269. The average molecular weight is 425 g/mol. The molecule has 0 saturated carbocycles. The van der Waals surface area contributed by atoms with E-state index in [0.717, 1.165) is 11.0 Å². The molecule has 1 aromatic heterocycles. The molecule has 2 heterocycles. The highest BCUT2D eigenvalue weighted by molar-refractivity contribution is 6.00. The zero-order valence-electron chi connectivity index (χ0n) is 18.0. The molecule has 0 aliphatic carbocycles. The maximum atomic E-state index is 15.2. The van der Waals surface area contributed by atoms with Gasteiger partial charge in [-0.15, -0.1) is 0 Å². The Kier molecular flexibility index (Phi) is 6.34. The number of piperidine rings is 1. The molecule has 2 unspecified atom stereocenters. The molecule has 7 heteroatoms. The fourth-order valence-electron chi connectivity index (χ4n) is 4.54. The fraction of sp³-hybridized carbons (Fsp3) is 0.417. The van der Waals surface area contributed by atoms with Crippen LogP contribution in [0.5, 0.6) is 0 Å². The molecule has 2 aromatic carbocycles. The summed E-state index contributed by atoms with van der Waals surface area (Å²) in [6.07, 6.45) is 0.307. The predicted octanol–water partition coefficient (Wildman–Crippen LogP) is 3.47. The van der Waals surface area contributed by atoms with Gasteiger partial charge in [-0.2, -0.15) is 0 Å². The van der Waals surface area contributed by atoms with Crippen molar-refractivity contribution in [3.63, 3.8) is 0 Å². The Bertz CT molecular complexity index is 1080. The van der Waals surface area contributed by atoms with Crippen molar-refractivity contribution in [1.82, 2.24) is 19.4 Å². The van der Waals surface area contributed by atoms with Crippen LogP contribution in [0.3, 0.4) is 0 Å². The van der Waals surface area contributed by atoms with Gasteiger partial charge in [-0.25, -0.2) is 9.18 Å². The van der Waals surface area contributed by atoms with Crippen molar-refractivity contribution < 1.29 is 9.18 Å². The van der Waals surface area contributed by atoms with E-state index in [0.29, 0.717) is 31.5 Å². The highest BCUT2D eigenvalue weighted by atomic mass is 19.1. The minimum absolute atomic E-state index is 0.0442. The fourth-order valence-corrected chi connectivity index (χ4v) is 4.54. The number of ketones is 1. The van der Waals surface area contributed by atoms with Crippen molar-refractivity contribution in [2.24, 2.45) is 0 Å². The predicted molar refractivity (Wildman–Crippen MR) is 120 cm³/mol. The van der Waals surface area contributed by atoms with Gasteiger partial charge in [0.05, 0.1) is 17.1 Å². The van der Waals surface area contributed by atoms with Crippen LogP contribution >= 0.6 is 0 Å². The molecule has 1 saturated heterocycles. The molecule has 0 amide bonds. The number of fused-ring (bicyclic) bond motifs is 1. The SMILES string of the molecule is CN(C)C(CC(F)N1CCC(n2c(=O)[nH]c3ccccc32)CC1)C(=O)c1ccccc1. The molecule has 2 atom stereocenters. The molecule has 31 heavy (non-hydrogen) atoms. The summed E-state index contributed by atoms with van der Waals surface area (Å²) < 4.78 is 17.1. The summed E-state index contributed by atoms with van der Waals surface area (Å²) in [5.74, 6) is -0.0616. The van der Waals surface area contributed by atoms with E-state index in [2.05, 4.69) is 4.98 Å². The Morgan fingerprint density at radius 1 is 1.10 bits per heavy atom. The summed E-state index contributed by atoms with van der Waals surface area (Å²) in [6, 6.07) is 16.2. The summed E-state index contributed by atoms with van der Waals surface area (Å²) in [5.41, 5.74) is 2.21. The van der Waals surface area contributed by atoms with Crippen LogP contribution in [0.4, 0.5) is 4.39 Å². The molecule has 0 radical (unpaired) electrons. The molecular weight excluding hydrogens is 395 g/mol. The minimum atomic E-state index is -1.21. The highest BCUT2D eigenvalue weighted by Gasteiger charge is 2.32. The van der Waals surface area contributed by atoms with E-state index >= 15 is 4.39 Å². The topological polar surface area (TPSA) is 61.3 Å². The van der Waals surface area contributed by atoms with E-state index in [4.69, 9.17) is 0 Å². The second-order valence-corrected chi connectivity index (χ2v) is 8.46. The van der Waals surface area contributed by atoms with Crippen LogP contribution < -0.4 is 5.69 Å². The Hall–Kier alpha value is -2.77. The van der Waals surface area contributed by atoms with Crippen molar-refractivity contribution in [2.75, 3.05) is 27.2 Å². The van der Waals surface area contributed by atoms with Crippen molar-refractivity contribution in [3.8, 4) is 0 Å². The lowest BCUT2D eigenvalue weighted by Crippen LogP contribution is -2.46. The first-order valence-corrected chi connectivity index (χ1v) is 10.8. The van der Waals surface area contributed by atoms with Crippen LogP contribution in [0.25, 0.3) is 11.0 Å². The summed E-state index contributed by atoms with van der Waals surface area (Å²) >= 11 is 0. The van der Waals surface area contributed by atoms with Gasteiger partial charge in [0, 0.05) is 31.1 Å². The summed E-state index contributed by atoms with van der Waals surface area (Å²) in [7, 11) is 3.63. The molecule has 164 valence electrons. The number of H-pyrrole nitrogens is 1. The number of nitrogens with one attached hydrogen (secondary N) is 1. The second kappa shape index (κ2) is 9.16. The van der Waals surface area contributed by atoms with E-state index in [-0.39, 0.29) is 23.9 Å². The van der Waals surface area contributed by atoms with Gasteiger partial charge in [-0.05, 0) is 39.1 Å². The van der Waals surface area contributed by atoms with Crippen LogP contribution in [0.2, 0.25) is 0 Å². The molecule has 3 aromatic rings. The summed E-state index contributed by atoms with van der Waals surface area (Å²) in [5, 5.41) is 0. The normalized spacial score (nSPS) is 17.8. The molecule has 6 nitrogen and oxygen atoms in total. The average Bonchev–Trinajstić information content (AvgIpc) is 3.13. The third-order valence-electron chi connectivity index (χ3n) is 6.29. The van der Waals surface area contributed by atoms with E-state index in [1.54, 1.807) is 21.9 Å². The molecule has 4 rings (SSSR count). The van der Waals surface area contributed by atoms with Crippen LogP contribution in [-0.4, -0.2) is 64.7 Å². The maximum absolute atomic E-state index is 15.2. The van der Waals surface area contributed by atoms with Gasteiger partial charge >= 0.3 is 5.69 Å². The number of Topliss-reactive ketones (excluding diaryl/α,β-unsaturated/α-hetero) is 1. The molecule has 1 N–H and O–H groups in total. The van der Waals surface area contributed by atoms with Crippen LogP contribution in [0, 0.1) is 0 Å². The van der Waals surface area contributed by atoms with E-state index < -0.39 is 12.3 Å². The van der Waals surface area contributed by atoms with Crippen molar-refractivity contribution in [3.05, 3.63) is 70.6 Å². The van der Waals surface area contributed by atoms with E-state index in [1.165, 1.54) is 0 Å². The molecular formula is C24H29FN4O2. The summed E-state index contributed by atoms with van der Waals surface area (Å²) in [4.78, 5) is 31.9. The number of benzene rings is 2. The standard InChI is InChI=1S/C24H29FN4O2/c1-27(2)21(23(30)17-8-4-3-5-9-17)16-22(25)28-14-12-18(13-15-28)29-20-11-7-6-10-19(20)26-24(29)31/h3-11,18,21-22H,12-16H2,1-2H3,(H,26,31). The number of halogens is 1. The molecule has 1 aliphatic heterocycles. The number of likely N-dealkylation sites (N-methyl/N-ethyl adjacent to an activating group) is 1. The number of carbonyl (C=O) groups is 1. The van der Waals surface area contributed by atoms with E-state index in [1.807, 2.05) is 61.1 Å². The molecule has 1 aliphatic rings. The maximum Gasteiger partial charge on any atom is 0.326 e. The zero-order chi connectivity index (χ0) is 22.0. The number of aromatic nitrogens is 2. The van der Waals surface area contributed by atoms with Crippen LogP contribution in [0.1, 0.15) is 35.7 Å². The van der Waals surface area contributed by atoms with Gasteiger partial charge in [0.25, 0.3) is 0 Å². The Morgan fingerprint density at radius 2 is 1.74 bits per heavy atom. The van der Waals surface area contributed by atoms with Gasteiger partial charge in [0.15, 0.2) is 12.1 Å². The minimum Gasteiger partial charge on any atom is -0.306 e. The molecule has 0 spiro atoms. The lowest BCUT2D eigenvalue weighted by Gasteiger charge is -2.36. The van der Waals surface area contributed by atoms with Gasteiger partial charge in [0.1, 0.15) is 0 Å². The Morgan fingerprint density at radius 3 is 2.42 bits per heavy atom. The number of para-hydroxylation sites is 2. The first kappa shape index (κ1) is 21.5. The third-order valence-corrected chi connectivity index (χ3v) is 6.29. The first-order chi connectivity index (χ1) is 15.0. The van der Waals surface area contributed by atoms with Gasteiger partial charge < -0.3 is 4.98 Å². The first-order valence-electron chi connectivity index (χ1n) is 10.8. The molecule has 0 bridgehead atoms. The van der Waals surface area contributed by atoms with Gasteiger partial charge in [0.2, 0.25) is 0 Å². The number of hydrogen-bond donors (Lipinski definition) is 1. The number of nitrogens with zero attached hydrogens (tertiary/aromatic N) is 3. The van der Waals surface area contributed by atoms with Gasteiger partial charge in [-0.1, -0.05) is 42.5 Å². The van der Waals surface area contributed by atoms with Crippen molar-refractivity contribution >= 4 is 16.8 Å². The number of hydrogen-bond acceptors (Lipinski definition) is 4. The van der Waals surface area contributed by atoms with Gasteiger partial charge in [-0.3, -0.25) is 19.2 Å². The number of alkyl halides is 1. The highest BCUT2D eigenvalue weighted by Crippen LogP contribution is 2.27. The number of likely N-dealkylation sites (tertiary alicyclic amines) is 1. The quantitative estimate of drug-likeness (QED) is 0.466. The van der Waals surface area contributed by atoms with Crippen molar-refractivity contribution in [2.45, 2.75) is 37.6 Å². The second-order valence-electron chi connectivity index (χ2n) is 8.46. The Labute approximate surface area is 181 Å². The monoisotopic (exact) mass is 424 g/mol. The zero-order valence-corrected chi connectivity index (χ0v) is 18.0. The lowest BCUT2D eigenvalue weighted by atomic mass is 9.98. The van der Waals surface area contributed by atoms with Crippen LogP contribution in [0.15, 0.2) is 59.4 Å². The number of carbonyl (C=O) groups excluding carboxylic acids is 1. The summed E-state index contributed by atoms with van der Waals surface area (Å²) in [6.45, 7) is 1.11. The van der Waals surface area contributed by atoms with E-state index in [9.17, 15) is 9.59 Å². The van der Waals surface area contributed by atoms with Crippen molar-refractivity contribution in [1.29, 1.82) is 0 Å². The smallest absolute Gasteiger partial charge is 0.306 e. The third kappa shape index (κ3) is 4.48. The number of aromatic amines is 1. The largest absolute Gasteiger partial charge is 0.326 e. The number of rotatable bonds is 7. The number of imidazole rings is 1. The van der Waals surface area contributed by atoms with Crippen LogP contribution in [-0.2, 0) is 0 Å². The molecule has 1 fully saturated rings. The Balaban J connectivity index is 1.41.